The van der Waals surface area contributed by atoms with E-state index in [1.165, 1.54) is 18.5 Å². The summed E-state index contributed by atoms with van der Waals surface area (Å²) in [5.74, 6) is 0.965. The summed E-state index contributed by atoms with van der Waals surface area (Å²) in [5.41, 5.74) is 0.0386. The summed E-state index contributed by atoms with van der Waals surface area (Å²) < 4.78 is 53.9. The normalized spacial score (nSPS) is 24.4. The molecule has 1 aromatic heterocycles. The number of nitrogens with one attached hydrogen (secondary N) is 1. The van der Waals surface area contributed by atoms with Gasteiger partial charge in [-0.1, -0.05) is 12.1 Å². The minimum absolute atomic E-state index is 0.0635. The number of nitrogens with zero attached hydrogens (tertiary/aromatic N) is 3. The molecule has 1 N–H and O–H groups in total. The average Bonchev–Trinajstić information content (AvgIpc) is 3.36. The third-order valence-corrected chi connectivity index (χ3v) is 7.39. The molecule has 2 aromatic rings. The second-order valence-corrected chi connectivity index (χ2v) is 9.77. The van der Waals surface area contributed by atoms with Crippen molar-refractivity contribution in [1.29, 1.82) is 0 Å². The standard InChI is InChI=1S/C21H24F4N4S/c1-20(9-3-11-30-20)12-26-18-17(22)19(28-13-27-18)29-10-2-4-16(29)14-5-7-15(8-6-14)21(23,24)25/h5-8,13,16H,2-4,9-12H2,1H3,(H,26,27,28). The highest BCUT2D eigenvalue weighted by Crippen LogP contribution is 2.40. The highest BCUT2D eigenvalue weighted by atomic mass is 32.2. The van der Waals surface area contributed by atoms with E-state index in [1.807, 2.05) is 16.7 Å². The van der Waals surface area contributed by atoms with Crippen molar-refractivity contribution in [2.45, 2.75) is 49.6 Å². The van der Waals surface area contributed by atoms with Crippen LogP contribution in [0, 0.1) is 5.82 Å². The van der Waals surface area contributed by atoms with E-state index in [0.29, 0.717) is 13.1 Å². The largest absolute Gasteiger partial charge is 0.416 e. The highest BCUT2D eigenvalue weighted by molar-refractivity contribution is 8.00. The molecule has 3 heterocycles. The van der Waals surface area contributed by atoms with Gasteiger partial charge in [0, 0.05) is 17.8 Å². The fraction of sp³-hybridized carbons (Fsp3) is 0.524. The number of hydrogen-bond acceptors (Lipinski definition) is 5. The van der Waals surface area contributed by atoms with Gasteiger partial charge in [0.05, 0.1) is 11.6 Å². The predicted octanol–water partition coefficient (Wildman–Crippen LogP) is 5.67. The van der Waals surface area contributed by atoms with E-state index in [1.54, 1.807) is 0 Å². The van der Waals surface area contributed by atoms with E-state index in [-0.39, 0.29) is 22.4 Å². The van der Waals surface area contributed by atoms with Crippen molar-refractivity contribution in [3.05, 3.63) is 47.5 Å². The van der Waals surface area contributed by atoms with Gasteiger partial charge in [-0.25, -0.2) is 9.97 Å². The quantitative estimate of drug-likeness (QED) is 0.607. The molecular weight excluding hydrogens is 416 g/mol. The molecule has 0 aliphatic carbocycles. The number of halogens is 4. The summed E-state index contributed by atoms with van der Waals surface area (Å²) in [7, 11) is 0. The maximum Gasteiger partial charge on any atom is 0.416 e. The van der Waals surface area contributed by atoms with E-state index < -0.39 is 17.6 Å². The van der Waals surface area contributed by atoms with Crippen LogP contribution in [0.5, 0.6) is 0 Å². The Morgan fingerprint density at radius 2 is 1.97 bits per heavy atom. The molecule has 0 amide bonds. The molecule has 2 atom stereocenters. The highest BCUT2D eigenvalue weighted by Gasteiger charge is 2.34. The summed E-state index contributed by atoms with van der Waals surface area (Å²) >= 11 is 1.88. The molecule has 9 heteroatoms. The molecule has 162 valence electrons. The van der Waals surface area contributed by atoms with Gasteiger partial charge < -0.3 is 10.2 Å². The summed E-state index contributed by atoms with van der Waals surface area (Å²) in [6.45, 7) is 3.37. The van der Waals surface area contributed by atoms with Crippen LogP contribution in [0.3, 0.4) is 0 Å². The number of alkyl halides is 3. The second kappa shape index (κ2) is 8.24. The molecule has 30 heavy (non-hydrogen) atoms. The summed E-state index contributed by atoms with van der Waals surface area (Å²) in [4.78, 5) is 10.1. The first-order valence-corrected chi connectivity index (χ1v) is 11.1. The zero-order valence-corrected chi connectivity index (χ0v) is 17.5. The first-order valence-electron chi connectivity index (χ1n) is 10.1. The Kier molecular flexibility index (Phi) is 5.83. The zero-order chi connectivity index (χ0) is 21.4. The van der Waals surface area contributed by atoms with Crippen LogP contribution in [0.1, 0.15) is 49.8 Å². The van der Waals surface area contributed by atoms with Crippen LogP contribution < -0.4 is 10.2 Å². The number of aromatic nitrogens is 2. The Bertz CT molecular complexity index is 882. The van der Waals surface area contributed by atoms with Gasteiger partial charge in [-0.15, -0.1) is 0 Å². The van der Waals surface area contributed by atoms with E-state index in [4.69, 9.17) is 0 Å². The Balaban J connectivity index is 1.54. The fourth-order valence-corrected chi connectivity index (χ4v) is 5.44. The van der Waals surface area contributed by atoms with Crippen molar-refractivity contribution in [3.8, 4) is 0 Å². The third-order valence-electron chi connectivity index (χ3n) is 5.85. The predicted molar refractivity (Wildman–Crippen MR) is 111 cm³/mol. The van der Waals surface area contributed by atoms with Gasteiger partial charge in [0.2, 0.25) is 5.82 Å². The van der Waals surface area contributed by atoms with Gasteiger partial charge in [-0.3, -0.25) is 0 Å². The van der Waals surface area contributed by atoms with Crippen molar-refractivity contribution < 1.29 is 17.6 Å². The topological polar surface area (TPSA) is 41.1 Å². The van der Waals surface area contributed by atoms with Crippen LogP contribution in [-0.2, 0) is 6.18 Å². The van der Waals surface area contributed by atoms with Crippen molar-refractivity contribution >= 4 is 23.4 Å². The first kappa shape index (κ1) is 21.2. The lowest BCUT2D eigenvalue weighted by Gasteiger charge is -2.28. The zero-order valence-electron chi connectivity index (χ0n) is 16.7. The van der Waals surface area contributed by atoms with Gasteiger partial charge in [0.25, 0.3) is 0 Å². The maximum atomic E-state index is 15.2. The number of benzene rings is 1. The lowest BCUT2D eigenvalue weighted by Crippen LogP contribution is -2.29. The van der Waals surface area contributed by atoms with Gasteiger partial charge in [-0.05, 0) is 56.1 Å². The van der Waals surface area contributed by atoms with E-state index in [2.05, 4.69) is 22.2 Å². The Morgan fingerprint density at radius 1 is 1.20 bits per heavy atom. The minimum Gasteiger partial charge on any atom is -0.366 e. The summed E-state index contributed by atoms with van der Waals surface area (Å²) in [5, 5.41) is 3.14. The monoisotopic (exact) mass is 440 g/mol. The molecular formula is C21H24F4N4S. The summed E-state index contributed by atoms with van der Waals surface area (Å²) in [6.07, 6.45) is 0.739. The molecule has 4 nitrogen and oxygen atoms in total. The van der Waals surface area contributed by atoms with Crippen LogP contribution in [0.2, 0.25) is 0 Å². The molecule has 4 rings (SSSR count). The first-order chi connectivity index (χ1) is 14.3. The molecule has 0 spiro atoms. The van der Waals surface area contributed by atoms with Crippen LogP contribution in [0.4, 0.5) is 29.2 Å². The van der Waals surface area contributed by atoms with Crippen molar-refractivity contribution in [3.63, 3.8) is 0 Å². The lowest BCUT2D eigenvalue weighted by atomic mass is 10.0. The van der Waals surface area contributed by atoms with Crippen LogP contribution in [0.15, 0.2) is 30.6 Å². The minimum atomic E-state index is -4.37. The van der Waals surface area contributed by atoms with Crippen LogP contribution >= 0.6 is 11.8 Å². The van der Waals surface area contributed by atoms with Crippen molar-refractivity contribution in [2.75, 3.05) is 29.1 Å². The van der Waals surface area contributed by atoms with Crippen molar-refractivity contribution in [1.82, 2.24) is 9.97 Å². The third kappa shape index (κ3) is 4.36. The molecule has 0 saturated carbocycles. The molecule has 2 unspecified atom stereocenters. The van der Waals surface area contributed by atoms with Crippen molar-refractivity contribution in [2.24, 2.45) is 0 Å². The number of rotatable bonds is 5. The second-order valence-electron chi connectivity index (χ2n) is 8.09. The van der Waals surface area contributed by atoms with Gasteiger partial charge >= 0.3 is 6.18 Å². The number of hydrogen-bond donors (Lipinski definition) is 1. The Morgan fingerprint density at radius 3 is 2.63 bits per heavy atom. The lowest BCUT2D eigenvalue weighted by molar-refractivity contribution is -0.137. The van der Waals surface area contributed by atoms with Gasteiger partial charge in [0.1, 0.15) is 6.33 Å². The number of thioether (sulfide) groups is 1. The van der Waals surface area contributed by atoms with Gasteiger partial charge in [-0.2, -0.15) is 29.3 Å². The smallest absolute Gasteiger partial charge is 0.366 e. The van der Waals surface area contributed by atoms with Crippen LogP contribution in [-0.4, -0.2) is 33.6 Å². The van der Waals surface area contributed by atoms with E-state index in [0.717, 1.165) is 49.1 Å². The fourth-order valence-electron chi connectivity index (χ4n) is 4.19. The molecule has 0 radical (unpaired) electrons. The van der Waals surface area contributed by atoms with E-state index >= 15 is 4.39 Å². The average molecular weight is 441 g/mol. The van der Waals surface area contributed by atoms with E-state index in [9.17, 15) is 13.2 Å². The SMILES string of the molecule is CC1(CNc2ncnc(N3CCCC3c3ccc(C(F)(F)F)cc3)c2F)CCCS1. The molecule has 2 aliphatic heterocycles. The van der Waals surface area contributed by atoms with Gasteiger partial charge in [0.15, 0.2) is 11.6 Å². The molecule has 0 bridgehead atoms. The maximum absolute atomic E-state index is 15.2. The number of anilines is 2. The molecule has 2 aliphatic rings. The Labute approximate surface area is 177 Å². The molecule has 2 saturated heterocycles. The molecule has 2 fully saturated rings. The van der Waals surface area contributed by atoms with Crippen LogP contribution in [0.25, 0.3) is 0 Å². The summed E-state index contributed by atoms with van der Waals surface area (Å²) in [6, 6.07) is 4.89. The Hall–Kier alpha value is -2.03. The molecule has 1 aromatic carbocycles.